The molecule has 0 radical (unpaired) electrons. The van der Waals surface area contributed by atoms with Crippen molar-refractivity contribution in [2.45, 2.75) is 6.92 Å². The Morgan fingerprint density at radius 3 is 2.24 bits per heavy atom. The van der Waals surface area contributed by atoms with Gasteiger partial charge in [0.15, 0.2) is 0 Å². The minimum Gasteiger partial charge on any atom is -0.342 e. The molecule has 0 unspecified atom stereocenters. The predicted molar refractivity (Wildman–Crippen MR) is 76.8 cm³/mol. The summed E-state index contributed by atoms with van der Waals surface area (Å²) in [6.45, 7) is 2.19. The fourth-order valence-corrected chi connectivity index (χ4v) is 3.84. The number of hydrogen-bond donors (Lipinski definition) is 0. The van der Waals surface area contributed by atoms with Gasteiger partial charge in [-0.05, 0) is 41.4 Å². The number of hydrogen-bond acceptors (Lipinski definition) is 2. The predicted octanol–water partition coefficient (Wildman–Crippen LogP) is 4.79. The Morgan fingerprint density at radius 1 is 1.00 bits per heavy atom. The highest BCUT2D eigenvalue weighted by atomic mass is 32.1. The van der Waals surface area contributed by atoms with Gasteiger partial charge in [-0.25, -0.2) is 0 Å². The van der Waals surface area contributed by atoms with Crippen LogP contribution in [0.1, 0.15) is 5.56 Å². The van der Waals surface area contributed by atoms with E-state index in [4.69, 9.17) is 0 Å². The van der Waals surface area contributed by atoms with Crippen LogP contribution in [0.25, 0.3) is 21.1 Å². The van der Waals surface area contributed by atoms with E-state index in [9.17, 15) is 0 Å². The minimum absolute atomic E-state index is 1.31. The van der Waals surface area contributed by atoms with Crippen LogP contribution in [-0.4, -0.2) is 4.57 Å². The summed E-state index contributed by atoms with van der Waals surface area (Å²) in [6.07, 6.45) is 0. The van der Waals surface area contributed by atoms with Gasteiger partial charge in [0, 0.05) is 7.05 Å². The van der Waals surface area contributed by atoms with Crippen LogP contribution in [0.5, 0.6) is 0 Å². The summed E-state index contributed by atoms with van der Waals surface area (Å²) < 4.78 is 2.30. The van der Waals surface area contributed by atoms with Gasteiger partial charge in [0.1, 0.15) is 0 Å². The van der Waals surface area contributed by atoms with Crippen molar-refractivity contribution in [2.75, 3.05) is 0 Å². The third kappa shape index (κ3) is 1.75. The number of aryl methyl sites for hydroxylation is 1. The molecule has 1 nitrogen and oxygen atoms in total. The second kappa shape index (κ2) is 4.17. The third-order valence-corrected chi connectivity index (χ3v) is 4.72. The van der Waals surface area contributed by atoms with Gasteiger partial charge < -0.3 is 4.57 Å². The van der Waals surface area contributed by atoms with Crippen LogP contribution in [0, 0.1) is 6.92 Å². The van der Waals surface area contributed by atoms with Crippen LogP contribution in [0.15, 0.2) is 41.1 Å². The summed E-state index contributed by atoms with van der Waals surface area (Å²) in [5.41, 5.74) is 3.99. The van der Waals surface area contributed by atoms with Gasteiger partial charge in [-0.15, -0.1) is 22.7 Å². The topological polar surface area (TPSA) is 4.93 Å². The van der Waals surface area contributed by atoms with E-state index in [1.807, 2.05) is 0 Å². The maximum Gasteiger partial charge on any atom is 0.0613 e. The average Bonchev–Trinajstić information content (AvgIpc) is 2.99. The van der Waals surface area contributed by atoms with Crippen molar-refractivity contribution < 1.29 is 0 Å². The van der Waals surface area contributed by atoms with E-state index >= 15 is 0 Å². The lowest BCUT2D eigenvalue weighted by molar-refractivity contribution is 0.948. The van der Waals surface area contributed by atoms with Crippen molar-refractivity contribution in [3.05, 3.63) is 46.7 Å². The molecule has 17 heavy (non-hydrogen) atoms. The van der Waals surface area contributed by atoms with Gasteiger partial charge in [0.25, 0.3) is 0 Å². The Labute approximate surface area is 109 Å². The molecule has 86 valence electrons. The van der Waals surface area contributed by atoms with E-state index in [0.29, 0.717) is 0 Å². The average molecular weight is 259 g/mol. The lowest BCUT2D eigenvalue weighted by Gasteiger charge is -2.05. The smallest absolute Gasteiger partial charge is 0.0613 e. The summed E-state index contributed by atoms with van der Waals surface area (Å²) in [4.78, 5) is 2.67. The standard InChI is InChI=1S/C14H13NS2/c1-10-9-11(12-5-3-7-16-12)15(2)14(10)13-6-4-8-17-13/h3-9H,1-2H3. The Bertz CT molecular complexity index is 616. The largest absolute Gasteiger partial charge is 0.342 e. The summed E-state index contributed by atoms with van der Waals surface area (Å²) in [6, 6.07) is 10.9. The zero-order chi connectivity index (χ0) is 11.8. The molecule has 3 rings (SSSR count). The van der Waals surface area contributed by atoms with E-state index in [0.717, 1.165) is 0 Å². The first-order chi connectivity index (χ1) is 8.27. The van der Waals surface area contributed by atoms with Crippen LogP contribution < -0.4 is 0 Å². The molecule has 0 amide bonds. The fourth-order valence-electron chi connectivity index (χ4n) is 2.19. The van der Waals surface area contributed by atoms with Crippen LogP contribution in [0.2, 0.25) is 0 Å². The molecule has 0 aliphatic rings. The Kier molecular flexibility index (Phi) is 2.65. The minimum atomic E-state index is 1.31. The summed E-state index contributed by atoms with van der Waals surface area (Å²) >= 11 is 3.59. The number of thiophene rings is 2. The molecular weight excluding hydrogens is 246 g/mol. The molecule has 3 aromatic rings. The first kappa shape index (κ1) is 10.8. The number of rotatable bonds is 2. The maximum atomic E-state index is 2.30. The van der Waals surface area contributed by atoms with Crippen molar-refractivity contribution in [3.63, 3.8) is 0 Å². The molecule has 0 saturated heterocycles. The van der Waals surface area contributed by atoms with Crippen LogP contribution in [0.3, 0.4) is 0 Å². The van der Waals surface area contributed by atoms with Crippen LogP contribution in [-0.2, 0) is 7.05 Å². The second-order valence-electron chi connectivity index (χ2n) is 4.07. The summed E-state index contributed by atoms with van der Waals surface area (Å²) in [5, 5.41) is 4.26. The van der Waals surface area contributed by atoms with Gasteiger partial charge in [0.2, 0.25) is 0 Å². The van der Waals surface area contributed by atoms with Crippen molar-refractivity contribution in [3.8, 4) is 21.1 Å². The Morgan fingerprint density at radius 2 is 1.65 bits per heavy atom. The molecule has 0 aliphatic carbocycles. The Hall–Kier alpha value is -1.32. The molecule has 0 bridgehead atoms. The molecule has 3 heterocycles. The molecule has 0 aromatic carbocycles. The molecule has 0 aliphatic heterocycles. The normalized spacial score (nSPS) is 10.9. The molecular formula is C14H13NS2. The Balaban J connectivity index is 2.19. The van der Waals surface area contributed by atoms with Gasteiger partial charge in [-0.3, -0.25) is 0 Å². The molecule has 0 fully saturated rings. The second-order valence-corrected chi connectivity index (χ2v) is 5.97. The first-order valence-corrected chi connectivity index (χ1v) is 7.27. The van der Waals surface area contributed by atoms with Crippen molar-refractivity contribution in [1.82, 2.24) is 4.57 Å². The molecule has 3 heteroatoms. The van der Waals surface area contributed by atoms with E-state index < -0.39 is 0 Å². The quantitative estimate of drug-likeness (QED) is 0.623. The van der Waals surface area contributed by atoms with Crippen molar-refractivity contribution in [2.24, 2.45) is 7.05 Å². The van der Waals surface area contributed by atoms with Crippen molar-refractivity contribution in [1.29, 1.82) is 0 Å². The van der Waals surface area contributed by atoms with Gasteiger partial charge in [0.05, 0.1) is 21.1 Å². The summed E-state index contributed by atoms with van der Waals surface area (Å²) in [5.74, 6) is 0. The fraction of sp³-hybridized carbons (Fsp3) is 0.143. The van der Waals surface area contributed by atoms with Gasteiger partial charge in [-0.1, -0.05) is 12.1 Å². The van der Waals surface area contributed by atoms with Crippen LogP contribution in [0.4, 0.5) is 0 Å². The molecule has 3 aromatic heterocycles. The number of nitrogens with zero attached hydrogens (tertiary/aromatic N) is 1. The van der Waals surface area contributed by atoms with E-state index in [1.54, 1.807) is 22.7 Å². The number of aromatic nitrogens is 1. The molecule has 0 atom stereocenters. The molecule has 0 saturated carbocycles. The maximum absolute atomic E-state index is 2.30. The third-order valence-electron chi connectivity index (χ3n) is 2.95. The van der Waals surface area contributed by atoms with E-state index in [-0.39, 0.29) is 0 Å². The van der Waals surface area contributed by atoms with Gasteiger partial charge in [-0.2, -0.15) is 0 Å². The SMILES string of the molecule is Cc1cc(-c2cccs2)n(C)c1-c1cccs1. The van der Waals surface area contributed by atoms with Crippen molar-refractivity contribution >= 4 is 22.7 Å². The van der Waals surface area contributed by atoms with Gasteiger partial charge >= 0.3 is 0 Å². The van der Waals surface area contributed by atoms with E-state index in [1.165, 1.54) is 26.7 Å². The highest BCUT2D eigenvalue weighted by Gasteiger charge is 2.13. The van der Waals surface area contributed by atoms with E-state index in [2.05, 4.69) is 59.6 Å². The zero-order valence-corrected chi connectivity index (χ0v) is 11.4. The summed E-state index contributed by atoms with van der Waals surface area (Å²) in [7, 11) is 2.15. The van der Waals surface area contributed by atoms with Crippen LogP contribution >= 0.6 is 22.7 Å². The highest BCUT2D eigenvalue weighted by Crippen LogP contribution is 2.35. The highest BCUT2D eigenvalue weighted by molar-refractivity contribution is 7.14. The lowest BCUT2D eigenvalue weighted by Crippen LogP contribution is -1.92. The molecule has 0 N–H and O–H groups in total. The lowest BCUT2D eigenvalue weighted by atomic mass is 10.2. The first-order valence-electron chi connectivity index (χ1n) is 5.51. The zero-order valence-electron chi connectivity index (χ0n) is 9.81. The molecule has 0 spiro atoms. The monoisotopic (exact) mass is 259 g/mol.